The van der Waals surface area contributed by atoms with Crippen molar-refractivity contribution in [3.63, 3.8) is 0 Å². The molecule has 1 heterocycles. The van der Waals surface area contributed by atoms with E-state index in [2.05, 4.69) is 27.9 Å². The fraction of sp³-hybridized carbons (Fsp3) is 0.148. The van der Waals surface area contributed by atoms with Gasteiger partial charge in [0.2, 0.25) is 0 Å². The number of imide groups is 1. The summed E-state index contributed by atoms with van der Waals surface area (Å²) in [5.41, 5.74) is 4.48. The number of hydrogen-bond acceptors (Lipinski definition) is 5. The van der Waals surface area contributed by atoms with E-state index in [1.54, 1.807) is 30.3 Å². The number of amides is 3. The molecule has 3 aromatic rings. The lowest BCUT2D eigenvalue weighted by atomic mass is 10.1. The Kier molecular flexibility index (Phi) is 7.92. The minimum absolute atomic E-state index is 0.121. The molecule has 0 spiro atoms. The van der Waals surface area contributed by atoms with Crippen LogP contribution in [-0.4, -0.2) is 28.6 Å². The molecule has 1 aliphatic rings. The van der Waals surface area contributed by atoms with Gasteiger partial charge in [0.05, 0.1) is 11.4 Å². The van der Waals surface area contributed by atoms with Crippen molar-refractivity contribution in [2.24, 2.45) is 0 Å². The molecular formula is C27H23IN2O4S. The predicted molar refractivity (Wildman–Crippen MR) is 147 cm³/mol. The van der Waals surface area contributed by atoms with E-state index in [1.165, 1.54) is 4.90 Å². The maximum atomic E-state index is 12.8. The number of nitrogens with zero attached hydrogens (tertiary/aromatic N) is 1. The van der Waals surface area contributed by atoms with Crippen LogP contribution in [0.3, 0.4) is 0 Å². The molecule has 178 valence electrons. The molecule has 1 aliphatic heterocycles. The van der Waals surface area contributed by atoms with Gasteiger partial charge in [0.15, 0.2) is 6.61 Å². The average molecular weight is 598 g/mol. The summed E-state index contributed by atoms with van der Waals surface area (Å²) in [4.78, 5) is 39.1. The van der Waals surface area contributed by atoms with Crippen molar-refractivity contribution in [3.05, 3.63) is 97.5 Å². The normalized spacial score (nSPS) is 14.5. The summed E-state index contributed by atoms with van der Waals surface area (Å²) in [6, 6.07) is 20.6. The molecule has 1 saturated heterocycles. The molecule has 0 atom stereocenters. The first kappa shape index (κ1) is 25.0. The lowest BCUT2D eigenvalue weighted by molar-refractivity contribution is -0.123. The van der Waals surface area contributed by atoms with Crippen LogP contribution in [0.25, 0.3) is 6.08 Å². The van der Waals surface area contributed by atoms with Gasteiger partial charge in [-0.15, -0.1) is 0 Å². The minimum atomic E-state index is -0.304. The maximum absolute atomic E-state index is 12.8. The number of halogens is 1. The van der Waals surface area contributed by atoms with Gasteiger partial charge in [-0.2, -0.15) is 0 Å². The zero-order valence-electron chi connectivity index (χ0n) is 19.2. The number of carbonyl (C=O) groups excluding carboxylic acids is 3. The van der Waals surface area contributed by atoms with Crippen molar-refractivity contribution in [1.29, 1.82) is 0 Å². The van der Waals surface area contributed by atoms with Crippen molar-refractivity contribution in [1.82, 2.24) is 4.90 Å². The highest BCUT2D eigenvalue weighted by atomic mass is 127. The highest BCUT2D eigenvalue weighted by molar-refractivity contribution is 14.1. The zero-order valence-corrected chi connectivity index (χ0v) is 22.2. The van der Waals surface area contributed by atoms with Gasteiger partial charge in [0.25, 0.3) is 17.1 Å². The zero-order chi connectivity index (χ0) is 24.9. The van der Waals surface area contributed by atoms with Gasteiger partial charge >= 0.3 is 0 Å². The van der Waals surface area contributed by atoms with Crippen molar-refractivity contribution in [3.8, 4) is 5.75 Å². The molecular weight excluding hydrogens is 575 g/mol. The van der Waals surface area contributed by atoms with Crippen LogP contribution in [0.2, 0.25) is 0 Å². The average Bonchev–Trinajstić information content (AvgIpc) is 3.09. The third kappa shape index (κ3) is 6.52. The molecule has 35 heavy (non-hydrogen) atoms. The highest BCUT2D eigenvalue weighted by Gasteiger charge is 2.34. The van der Waals surface area contributed by atoms with Crippen LogP contribution in [-0.2, 0) is 16.1 Å². The van der Waals surface area contributed by atoms with Gasteiger partial charge in [-0.3, -0.25) is 19.3 Å². The smallest absolute Gasteiger partial charge is 0.293 e. The number of thioether (sulfide) groups is 1. The van der Waals surface area contributed by atoms with Crippen molar-refractivity contribution in [2.75, 3.05) is 11.9 Å². The lowest BCUT2D eigenvalue weighted by Crippen LogP contribution is -2.27. The van der Waals surface area contributed by atoms with E-state index in [-0.39, 0.29) is 30.2 Å². The Morgan fingerprint density at radius 3 is 2.46 bits per heavy atom. The SMILES string of the molecule is Cc1ccc(C)c(NC(=O)COc2ccc(/C=C3\SC(=O)N(Cc4ccc(I)cc4)C3=O)cc2)c1. The summed E-state index contributed by atoms with van der Waals surface area (Å²) in [5, 5.41) is 2.58. The van der Waals surface area contributed by atoms with Crippen LogP contribution in [0, 0.1) is 17.4 Å². The second-order valence-corrected chi connectivity index (χ2v) is 10.4. The van der Waals surface area contributed by atoms with Crippen molar-refractivity contribution >= 4 is 63.2 Å². The number of ether oxygens (including phenoxy) is 1. The summed E-state index contributed by atoms with van der Waals surface area (Å²) in [7, 11) is 0. The highest BCUT2D eigenvalue weighted by Crippen LogP contribution is 2.33. The maximum Gasteiger partial charge on any atom is 0.293 e. The van der Waals surface area contributed by atoms with Crippen LogP contribution < -0.4 is 10.1 Å². The van der Waals surface area contributed by atoms with E-state index in [1.807, 2.05) is 56.3 Å². The Hall–Kier alpha value is -3.11. The van der Waals surface area contributed by atoms with Crippen LogP contribution in [0.5, 0.6) is 5.75 Å². The Balaban J connectivity index is 1.34. The van der Waals surface area contributed by atoms with E-state index in [0.717, 1.165) is 43.3 Å². The standard InChI is InChI=1S/C27H23IN2O4S/c1-17-3-4-18(2)23(13-17)29-25(31)16-34-22-11-7-19(8-12-22)14-24-26(32)30(27(33)35-24)15-20-5-9-21(28)10-6-20/h3-14H,15-16H2,1-2H3,(H,29,31)/b24-14-. The molecule has 3 amide bonds. The lowest BCUT2D eigenvalue weighted by Gasteiger charge is -2.12. The first-order chi connectivity index (χ1) is 16.8. The molecule has 1 N–H and O–H groups in total. The van der Waals surface area contributed by atoms with Crippen LogP contribution in [0.1, 0.15) is 22.3 Å². The number of nitrogens with one attached hydrogen (secondary N) is 1. The van der Waals surface area contributed by atoms with E-state index in [0.29, 0.717) is 10.7 Å². The van der Waals surface area contributed by atoms with Crippen molar-refractivity contribution < 1.29 is 19.1 Å². The molecule has 0 saturated carbocycles. The van der Waals surface area contributed by atoms with Gasteiger partial charge < -0.3 is 10.1 Å². The molecule has 8 heteroatoms. The molecule has 1 fully saturated rings. The van der Waals surface area contributed by atoms with Crippen LogP contribution in [0.4, 0.5) is 10.5 Å². The second kappa shape index (κ2) is 11.1. The Morgan fingerprint density at radius 2 is 1.74 bits per heavy atom. The van der Waals surface area contributed by atoms with Crippen LogP contribution in [0.15, 0.2) is 71.6 Å². The second-order valence-electron chi connectivity index (χ2n) is 8.12. The summed E-state index contributed by atoms with van der Waals surface area (Å²) in [5.74, 6) is -0.0170. The number of carbonyl (C=O) groups is 3. The molecule has 0 bridgehead atoms. The van der Waals surface area contributed by atoms with Crippen molar-refractivity contribution in [2.45, 2.75) is 20.4 Å². The summed E-state index contributed by atoms with van der Waals surface area (Å²) in [6.45, 7) is 4.03. The molecule has 4 rings (SSSR count). The fourth-order valence-electron chi connectivity index (χ4n) is 3.43. The molecule has 0 aliphatic carbocycles. The van der Waals surface area contributed by atoms with E-state index < -0.39 is 0 Å². The first-order valence-corrected chi connectivity index (χ1v) is 12.8. The topological polar surface area (TPSA) is 75.7 Å². The van der Waals surface area contributed by atoms with E-state index >= 15 is 0 Å². The van der Waals surface area contributed by atoms with Gasteiger partial charge in [-0.1, -0.05) is 36.4 Å². The number of aryl methyl sites for hydroxylation is 2. The number of anilines is 1. The summed E-state index contributed by atoms with van der Waals surface area (Å²) in [6.07, 6.45) is 1.69. The summed E-state index contributed by atoms with van der Waals surface area (Å²) >= 11 is 3.15. The Labute approximate surface area is 221 Å². The molecule has 6 nitrogen and oxygen atoms in total. The van der Waals surface area contributed by atoms with Gasteiger partial charge in [0.1, 0.15) is 5.75 Å². The first-order valence-electron chi connectivity index (χ1n) is 10.9. The number of benzene rings is 3. The van der Waals surface area contributed by atoms with Gasteiger partial charge in [-0.05, 0) is 107 Å². The third-order valence-corrected chi connectivity index (χ3v) is 6.97. The fourth-order valence-corrected chi connectivity index (χ4v) is 4.62. The van der Waals surface area contributed by atoms with Crippen LogP contribution >= 0.6 is 34.4 Å². The number of rotatable bonds is 7. The van der Waals surface area contributed by atoms with Gasteiger partial charge in [0, 0.05) is 9.26 Å². The molecule has 0 unspecified atom stereocenters. The number of hydrogen-bond donors (Lipinski definition) is 1. The van der Waals surface area contributed by atoms with E-state index in [4.69, 9.17) is 4.74 Å². The Morgan fingerprint density at radius 1 is 1.03 bits per heavy atom. The van der Waals surface area contributed by atoms with E-state index in [9.17, 15) is 14.4 Å². The predicted octanol–water partition coefficient (Wildman–Crippen LogP) is 6.16. The molecule has 0 radical (unpaired) electrons. The Bertz CT molecular complexity index is 1300. The molecule has 0 aromatic heterocycles. The van der Waals surface area contributed by atoms with Gasteiger partial charge in [-0.25, -0.2) is 0 Å². The molecule has 3 aromatic carbocycles. The largest absolute Gasteiger partial charge is 0.484 e. The summed E-state index contributed by atoms with van der Waals surface area (Å²) < 4.78 is 6.69. The third-order valence-electron chi connectivity index (χ3n) is 5.34. The quantitative estimate of drug-likeness (QED) is 0.261. The monoisotopic (exact) mass is 598 g/mol. The minimum Gasteiger partial charge on any atom is -0.484 e.